The quantitative estimate of drug-likeness (QED) is 0.640. The van der Waals surface area contributed by atoms with E-state index in [1.165, 1.54) is 31.7 Å². The van der Waals surface area contributed by atoms with Crippen molar-refractivity contribution < 1.29 is 9.53 Å². The van der Waals surface area contributed by atoms with Gasteiger partial charge < -0.3 is 9.64 Å². The van der Waals surface area contributed by atoms with Crippen molar-refractivity contribution in [2.75, 3.05) is 13.6 Å². The fourth-order valence-electron chi connectivity index (χ4n) is 4.30. The second kappa shape index (κ2) is 7.21. The molecule has 1 heterocycles. The molecule has 132 valence electrons. The largest absolute Gasteiger partial charge is 0.426 e. The second-order valence-corrected chi connectivity index (χ2v) is 7.45. The van der Waals surface area contributed by atoms with Gasteiger partial charge in [-0.15, -0.1) is 0 Å². The van der Waals surface area contributed by atoms with Gasteiger partial charge in [-0.2, -0.15) is 0 Å². The number of esters is 1. The first-order chi connectivity index (χ1) is 11.4. The van der Waals surface area contributed by atoms with Crippen LogP contribution in [0.2, 0.25) is 0 Å². The molecule has 0 amide bonds. The van der Waals surface area contributed by atoms with Gasteiger partial charge in [-0.1, -0.05) is 18.6 Å². The number of hydrogen-bond acceptors (Lipinski definition) is 5. The van der Waals surface area contributed by atoms with E-state index < -0.39 is 0 Å². The molecular formula is C19H29N3O2. The van der Waals surface area contributed by atoms with Crippen molar-refractivity contribution in [1.29, 1.82) is 0 Å². The van der Waals surface area contributed by atoms with E-state index in [0.717, 1.165) is 30.1 Å². The number of fused-ring (bicyclic) bond motifs is 1. The summed E-state index contributed by atoms with van der Waals surface area (Å²) in [5, 5.41) is 0. The molecule has 0 aromatic heterocycles. The molecule has 0 spiro atoms. The van der Waals surface area contributed by atoms with Crippen LogP contribution in [0.3, 0.4) is 0 Å². The summed E-state index contributed by atoms with van der Waals surface area (Å²) in [6, 6.07) is 5.45. The molecule has 24 heavy (non-hydrogen) atoms. The molecular weight excluding hydrogens is 302 g/mol. The number of hydrogen-bond donors (Lipinski definition) is 2. The Morgan fingerprint density at radius 1 is 1.25 bits per heavy atom. The highest BCUT2D eigenvalue weighted by atomic mass is 16.5. The smallest absolute Gasteiger partial charge is 0.308 e. The molecule has 3 unspecified atom stereocenters. The van der Waals surface area contributed by atoms with Gasteiger partial charge in [-0.25, -0.2) is 0 Å². The van der Waals surface area contributed by atoms with E-state index in [4.69, 9.17) is 4.74 Å². The van der Waals surface area contributed by atoms with Crippen LogP contribution in [0.1, 0.15) is 42.9 Å². The Morgan fingerprint density at radius 3 is 2.62 bits per heavy atom. The fraction of sp³-hybridized carbons (Fsp3) is 0.632. The maximum atomic E-state index is 11.2. The highest BCUT2D eigenvalue weighted by Gasteiger charge is 2.39. The minimum absolute atomic E-state index is 0.267. The summed E-state index contributed by atoms with van der Waals surface area (Å²) in [6.45, 7) is 7.38. The molecule has 1 saturated carbocycles. The minimum atomic E-state index is -0.267. The normalized spacial score (nSPS) is 26.0. The molecule has 3 rings (SSSR count). The lowest BCUT2D eigenvalue weighted by Gasteiger charge is -2.24. The standard InChI is InChI=1S/C19H29N3O2/c1-12-8-15(9-13(2)19(12)24-14(3)23)10-22(4)11-18-16-6-5-7-17(16)20-21-18/h8-9,16-18,20-21H,5-7,10-11H2,1-4H3. The zero-order valence-corrected chi connectivity index (χ0v) is 15.2. The van der Waals surface area contributed by atoms with E-state index in [2.05, 4.69) is 34.9 Å². The summed E-state index contributed by atoms with van der Waals surface area (Å²) < 4.78 is 5.32. The van der Waals surface area contributed by atoms with E-state index >= 15 is 0 Å². The Hall–Kier alpha value is -1.43. The number of likely N-dealkylation sites (N-methyl/N-ethyl adjacent to an activating group) is 1. The molecule has 2 aliphatic rings. The van der Waals surface area contributed by atoms with Crippen molar-refractivity contribution in [3.05, 3.63) is 28.8 Å². The summed E-state index contributed by atoms with van der Waals surface area (Å²) in [5.74, 6) is 1.20. The molecule has 2 fully saturated rings. The van der Waals surface area contributed by atoms with E-state index in [0.29, 0.717) is 17.8 Å². The minimum Gasteiger partial charge on any atom is -0.426 e. The van der Waals surface area contributed by atoms with Gasteiger partial charge in [0.15, 0.2) is 0 Å². The van der Waals surface area contributed by atoms with Crippen LogP contribution in [-0.4, -0.2) is 36.5 Å². The molecule has 1 saturated heterocycles. The predicted molar refractivity (Wildman–Crippen MR) is 94.7 cm³/mol. The molecule has 5 nitrogen and oxygen atoms in total. The van der Waals surface area contributed by atoms with Crippen LogP contribution < -0.4 is 15.6 Å². The number of ether oxygens (including phenoxy) is 1. The number of carbonyl (C=O) groups is 1. The van der Waals surface area contributed by atoms with Crippen molar-refractivity contribution in [3.8, 4) is 5.75 Å². The highest BCUT2D eigenvalue weighted by Crippen LogP contribution is 2.32. The Bertz CT molecular complexity index is 594. The molecule has 2 N–H and O–H groups in total. The zero-order chi connectivity index (χ0) is 17.3. The van der Waals surface area contributed by atoms with E-state index in [9.17, 15) is 4.79 Å². The molecule has 3 atom stereocenters. The molecule has 0 radical (unpaired) electrons. The lowest BCUT2D eigenvalue weighted by atomic mass is 9.97. The number of hydrazine groups is 1. The van der Waals surface area contributed by atoms with Gasteiger partial charge in [0, 0.05) is 32.1 Å². The van der Waals surface area contributed by atoms with Gasteiger partial charge in [-0.05, 0) is 56.3 Å². The predicted octanol–water partition coefficient (Wildman–Crippen LogP) is 2.31. The average Bonchev–Trinajstić information content (AvgIpc) is 3.08. The second-order valence-electron chi connectivity index (χ2n) is 7.45. The topological polar surface area (TPSA) is 53.6 Å². The van der Waals surface area contributed by atoms with Gasteiger partial charge in [-0.3, -0.25) is 15.6 Å². The Labute approximate surface area is 144 Å². The van der Waals surface area contributed by atoms with Crippen LogP contribution in [0.5, 0.6) is 5.75 Å². The maximum Gasteiger partial charge on any atom is 0.308 e. The number of nitrogens with zero attached hydrogens (tertiary/aromatic N) is 1. The van der Waals surface area contributed by atoms with Crippen LogP contribution in [-0.2, 0) is 11.3 Å². The van der Waals surface area contributed by atoms with Crippen LogP contribution >= 0.6 is 0 Å². The summed E-state index contributed by atoms with van der Waals surface area (Å²) >= 11 is 0. The van der Waals surface area contributed by atoms with Crippen molar-refractivity contribution in [1.82, 2.24) is 15.8 Å². The van der Waals surface area contributed by atoms with Crippen LogP contribution in [0.15, 0.2) is 12.1 Å². The number of rotatable bonds is 5. The van der Waals surface area contributed by atoms with Crippen LogP contribution in [0.25, 0.3) is 0 Å². The van der Waals surface area contributed by atoms with Gasteiger partial charge in [0.25, 0.3) is 0 Å². The molecule has 1 aliphatic heterocycles. The number of aryl methyl sites for hydroxylation is 2. The lowest BCUT2D eigenvalue weighted by Crippen LogP contribution is -2.41. The Balaban J connectivity index is 1.62. The maximum absolute atomic E-state index is 11.2. The summed E-state index contributed by atoms with van der Waals surface area (Å²) in [6.07, 6.45) is 3.98. The number of carbonyl (C=O) groups excluding carboxylic acids is 1. The monoisotopic (exact) mass is 331 g/mol. The fourth-order valence-corrected chi connectivity index (χ4v) is 4.30. The third kappa shape index (κ3) is 3.79. The summed E-state index contributed by atoms with van der Waals surface area (Å²) in [4.78, 5) is 13.6. The summed E-state index contributed by atoms with van der Waals surface area (Å²) in [5.41, 5.74) is 10.2. The number of benzene rings is 1. The average molecular weight is 331 g/mol. The molecule has 1 aliphatic carbocycles. The van der Waals surface area contributed by atoms with E-state index in [1.807, 2.05) is 13.8 Å². The third-order valence-electron chi connectivity index (χ3n) is 5.27. The Kier molecular flexibility index (Phi) is 5.23. The van der Waals surface area contributed by atoms with Gasteiger partial charge in [0.1, 0.15) is 5.75 Å². The van der Waals surface area contributed by atoms with E-state index in [1.54, 1.807) is 0 Å². The lowest BCUT2D eigenvalue weighted by molar-refractivity contribution is -0.131. The van der Waals surface area contributed by atoms with Crippen molar-refractivity contribution in [3.63, 3.8) is 0 Å². The number of nitrogens with one attached hydrogen (secondary N) is 2. The molecule has 1 aromatic rings. The molecule has 5 heteroatoms. The van der Waals surface area contributed by atoms with Gasteiger partial charge in [0.05, 0.1) is 0 Å². The summed E-state index contributed by atoms with van der Waals surface area (Å²) in [7, 11) is 2.18. The SMILES string of the molecule is CC(=O)Oc1c(C)cc(CN(C)CC2NNC3CCCC32)cc1C. The highest BCUT2D eigenvalue weighted by molar-refractivity contribution is 5.70. The molecule has 0 bridgehead atoms. The zero-order valence-electron chi connectivity index (χ0n) is 15.2. The first kappa shape index (κ1) is 17.4. The van der Waals surface area contributed by atoms with Crippen molar-refractivity contribution in [2.24, 2.45) is 5.92 Å². The Morgan fingerprint density at radius 2 is 1.96 bits per heavy atom. The molecule has 1 aromatic carbocycles. The van der Waals surface area contributed by atoms with E-state index in [-0.39, 0.29) is 5.97 Å². The first-order valence-corrected chi connectivity index (χ1v) is 8.92. The first-order valence-electron chi connectivity index (χ1n) is 8.92. The third-order valence-corrected chi connectivity index (χ3v) is 5.27. The van der Waals surface area contributed by atoms with Crippen LogP contribution in [0, 0.1) is 19.8 Å². The van der Waals surface area contributed by atoms with Gasteiger partial charge >= 0.3 is 5.97 Å². The van der Waals surface area contributed by atoms with Gasteiger partial charge in [0.2, 0.25) is 0 Å². The van der Waals surface area contributed by atoms with Crippen molar-refractivity contribution in [2.45, 2.75) is 58.7 Å². The van der Waals surface area contributed by atoms with Crippen molar-refractivity contribution >= 4 is 5.97 Å². The van der Waals surface area contributed by atoms with Crippen LogP contribution in [0.4, 0.5) is 0 Å².